The van der Waals surface area contributed by atoms with E-state index < -0.39 is 20.0 Å². The maximum Gasteiger partial charge on any atom is 0.284 e. The molecule has 0 fully saturated rings. The number of nitrogens with zero attached hydrogens (tertiary/aromatic N) is 4. The Bertz CT molecular complexity index is 1660. The van der Waals surface area contributed by atoms with Crippen molar-refractivity contribution in [2.75, 3.05) is 13.1 Å². The fourth-order valence-electron chi connectivity index (χ4n) is 3.73. The van der Waals surface area contributed by atoms with Crippen molar-refractivity contribution in [3.63, 3.8) is 0 Å². The summed E-state index contributed by atoms with van der Waals surface area (Å²) in [7, 11) is -7.71. The zero-order valence-corrected chi connectivity index (χ0v) is 23.4. The van der Waals surface area contributed by atoms with Gasteiger partial charge in [0, 0.05) is 19.5 Å². The van der Waals surface area contributed by atoms with Crippen molar-refractivity contribution in [3.8, 4) is 0 Å². The van der Waals surface area contributed by atoms with E-state index in [-0.39, 0.29) is 29.3 Å². The Hall–Kier alpha value is -3.86. The van der Waals surface area contributed by atoms with E-state index in [1.165, 1.54) is 22.6 Å². The quantitative estimate of drug-likeness (QED) is 0.247. The van der Waals surface area contributed by atoms with Gasteiger partial charge in [0.15, 0.2) is 0 Å². The highest BCUT2D eigenvalue weighted by atomic mass is 32.2. The molecule has 0 aliphatic rings. The molecule has 0 saturated carbocycles. The molecule has 0 aliphatic carbocycles. The van der Waals surface area contributed by atoms with Crippen molar-refractivity contribution >= 4 is 26.1 Å². The van der Waals surface area contributed by atoms with Crippen LogP contribution in [0.2, 0.25) is 0 Å². The molecule has 1 aromatic heterocycles. The summed E-state index contributed by atoms with van der Waals surface area (Å²) < 4.78 is 54.9. The van der Waals surface area contributed by atoms with E-state index in [9.17, 15) is 16.8 Å². The van der Waals surface area contributed by atoms with Crippen molar-refractivity contribution in [1.82, 2.24) is 18.7 Å². The number of aryl methyl sites for hydroxylation is 2. The zero-order chi connectivity index (χ0) is 27.9. The van der Waals surface area contributed by atoms with Gasteiger partial charge in [-0.1, -0.05) is 95.2 Å². The molecule has 0 atom stereocenters. The fraction of sp³-hybridized carbons (Fsp3) is 0.172. The highest BCUT2D eigenvalue weighted by Gasteiger charge is 2.24. The third-order valence-corrected chi connectivity index (χ3v) is 9.42. The number of allylic oxidation sites excluding steroid dienone is 2. The van der Waals surface area contributed by atoms with Gasteiger partial charge in [-0.25, -0.2) is 8.42 Å². The van der Waals surface area contributed by atoms with Crippen LogP contribution in [0.15, 0.2) is 113 Å². The van der Waals surface area contributed by atoms with Crippen LogP contribution in [-0.2, 0) is 26.5 Å². The van der Waals surface area contributed by atoms with E-state index in [0.717, 1.165) is 20.8 Å². The first kappa shape index (κ1) is 28.2. The fourth-order valence-corrected chi connectivity index (χ4v) is 6.21. The second-order valence-electron chi connectivity index (χ2n) is 9.02. The Morgan fingerprint density at radius 3 is 2.05 bits per heavy atom. The van der Waals surface area contributed by atoms with E-state index in [1.54, 1.807) is 48.6 Å². The maximum atomic E-state index is 13.5. The van der Waals surface area contributed by atoms with Crippen LogP contribution in [0.5, 0.6) is 0 Å². The Morgan fingerprint density at radius 2 is 1.41 bits per heavy atom. The highest BCUT2D eigenvalue weighted by Crippen LogP contribution is 2.18. The molecule has 8 nitrogen and oxygen atoms in total. The van der Waals surface area contributed by atoms with E-state index >= 15 is 0 Å². The number of hydrogen-bond acceptors (Lipinski definition) is 6. The van der Waals surface area contributed by atoms with Gasteiger partial charge in [0.05, 0.1) is 21.7 Å². The zero-order valence-electron chi connectivity index (χ0n) is 21.8. The number of sulfonamides is 1. The summed E-state index contributed by atoms with van der Waals surface area (Å²) in [5, 5.41) is 7.79. The van der Waals surface area contributed by atoms with Crippen LogP contribution in [-0.4, -0.2) is 48.6 Å². The maximum absolute atomic E-state index is 13.5. The van der Waals surface area contributed by atoms with Crippen LogP contribution in [0.4, 0.5) is 0 Å². The standard InChI is InChI=1S/C29H30N4O4S2/c1-24-12-16-28(17-13-24)38(34,35)32(21-8-4-7-11-26-9-5-3-6-10-26)22-20-27-23-33(31-30-27)39(36,37)29-18-14-25(2)15-19-29/h3-19,23H,20-22H2,1-2H3/b8-4+,11-7+. The number of hydrogen-bond donors (Lipinski definition) is 0. The SMILES string of the molecule is Cc1ccc(S(=O)(=O)N(C/C=C/C=C/c2ccccc2)CCc2cn(S(=O)(=O)c3ccc(C)cc3)nn2)cc1. The molecule has 0 aliphatic heterocycles. The van der Waals surface area contributed by atoms with Crippen LogP contribution in [0.3, 0.4) is 0 Å². The summed E-state index contributed by atoms with van der Waals surface area (Å²) in [6.07, 6.45) is 8.86. The van der Waals surface area contributed by atoms with Crippen LogP contribution in [0.25, 0.3) is 6.08 Å². The van der Waals surface area contributed by atoms with E-state index in [0.29, 0.717) is 5.69 Å². The monoisotopic (exact) mass is 562 g/mol. The first-order valence-corrected chi connectivity index (χ1v) is 15.2. The van der Waals surface area contributed by atoms with Crippen molar-refractivity contribution < 1.29 is 16.8 Å². The van der Waals surface area contributed by atoms with Gasteiger partial charge in [-0.05, 0) is 43.7 Å². The minimum Gasteiger partial charge on any atom is -0.207 e. The van der Waals surface area contributed by atoms with E-state index in [2.05, 4.69) is 10.3 Å². The molecule has 0 N–H and O–H groups in total. The van der Waals surface area contributed by atoms with Crippen molar-refractivity contribution in [2.24, 2.45) is 0 Å². The third-order valence-electron chi connectivity index (χ3n) is 6.01. The Kier molecular flexibility index (Phi) is 8.90. The molecule has 1 heterocycles. The lowest BCUT2D eigenvalue weighted by Crippen LogP contribution is -2.33. The molecule has 0 unspecified atom stereocenters. The molecule has 4 aromatic rings. The predicted molar refractivity (Wildman–Crippen MR) is 152 cm³/mol. The molecule has 202 valence electrons. The normalized spacial score (nSPS) is 12.6. The minimum absolute atomic E-state index is 0.0895. The van der Waals surface area contributed by atoms with Gasteiger partial charge in [0.25, 0.3) is 10.0 Å². The van der Waals surface area contributed by atoms with Gasteiger partial charge in [-0.2, -0.15) is 12.7 Å². The summed E-state index contributed by atoms with van der Waals surface area (Å²) in [5.41, 5.74) is 3.29. The van der Waals surface area contributed by atoms with E-state index in [1.807, 2.05) is 56.3 Å². The van der Waals surface area contributed by atoms with E-state index in [4.69, 9.17) is 0 Å². The van der Waals surface area contributed by atoms with Gasteiger partial charge in [-0.15, -0.1) is 9.19 Å². The number of benzene rings is 3. The average Bonchev–Trinajstić information content (AvgIpc) is 3.41. The molecule has 39 heavy (non-hydrogen) atoms. The number of rotatable bonds is 11. The highest BCUT2D eigenvalue weighted by molar-refractivity contribution is 7.90. The Labute approximate surface area is 230 Å². The average molecular weight is 563 g/mol. The molecule has 3 aromatic carbocycles. The largest absolute Gasteiger partial charge is 0.284 e. The van der Waals surface area contributed by atoms with Crippen molar-refractivity contribution in [1.29, 1.82) is 0 Å². The molecule has 0 saturated heterocycles. The van der Waals surface area contributed by atoms with Gasteiger partial charge >= 0.3 is 0 Å². The van der Waals surface area contributed by atoms with Crippen molar-refractivity contribution in [2.45, 2.75) is 30.1 Å². The third kappa shape index (κ3) is 7.17. The summed E-state index contributed by atoms with van der Waals surface area (Å²) in [4.78, 5) is 0.286. The second-order valence-corrected chi connectivity index (χ2v) is 12.8. The number of aromatic nitrogens is 3. The van der Waals surface area contributed by atoms with Gasteiger partial charge in [0.2, 0.25) is 10.0 Å². The molecule has 0 amide bonds. The van der Waals surface area contributed by atoms with Crippen LogP contribution < -0.4 is 0 Å². The van der Waals surface area contributed by atoms with Crippen molar-refractivity contribution in [3.05, 3.63) is 126 Å². The Balaban J connectivity index is 1.51. The predicted octanol–water partition coefficient (Wildman–Crippen LogP) is 4.63. The first-order valence-electron chi connectivity index (χ1n) is 12.3. The summed E-state index contributed by atoms with van der Waals surface area (Å²) >= 11 is 0. The summed E-state index contributed by atoms with van der Waals surface area (Å²) in [5.74, 6) is 0. The minimum atomic E-state index is -3.90. The molecule has 10 heteroatoms. The second kappa shape index (κ2) is 12.3. The molecular formula is C29H30N4O4S2. The topological polar surface area (TPSA) is 102 Å². The van der Waals surface area contributed by atoms with Crippen LogP contribution in [0.1, 0.15) is 22.4 Å². The lowest BCUT2D eigenvalue weighted by Gasteiger charge is -2.20. The van der Waals surface area contributed by atoms with Crippen LogP contribution in [0, 0.1) is 13.8 Å². The lowest BCUT2D eigenvalue weighted by atomic mass is 10.2. The summed E-state index contributed by atoms with van der Waals surface area (Å²) in [6.45, 7) is 3.98. The summed E-state index contributed by atoms with van der Waals surface area (Å²) in [6, 6.07) is 22.9. The van der Waals surface area contributed by atoms with Gasteiger partial charge in [-0.3, -0.25) is 0 Å². The first-order chi connectivity index (χ1) is 18.7. The molecule has 0 spiro atoms. The molecular weight excluding hydrogens is 532 g/mol. The van der Waals surface area contributed by atoms with Gasteiger partial charge < -0.3 is 0 Å². The smallest absolute Gasteiger partial charge is 0.207 e. The molecule has 0 bridgehead atoms. The van der Waals surface area contributed by atoms with Gasteiger partial charge in [0.1, 0.15) is 0 Å². The lowest BCUT2D eigenvalue weighted by molar-refractivity contribution is 0.443. The molecule has 0 radical (unpaired) electrons. The van der Waals surface area contributed by atoms with Crippen LogP contribution >= 0.6 is 0 Å². The Morgan fingerprint density at radius 1 is 0.795 bits per heavy atom. The molecule has 4 rings (SSSR count).